The number of aliphatic carboxylic acids is 1. The summed E-state index contributed by atoms with van der Waals surface area (Å²) in [6.07, 6.45) is -1.37. The van der Waals surface area contributed by atoms with Gasteiger partial charge in [-0.3, -0.25) is 14.4 Å². The van der Waals surface area contributed by atoms with Crippen LogP contribution in [0.3, 0.4) is 0 Å². The van der Waals surface area contributed by atoms with E-state index in [1.807, 2.05) is 0 Å². The summed E-state index contributed by atoms with van der Waals surface area (Å²) in [5.41, 5.74) is 16.4. The normalized spacial score (nSPS) is 11.1. The molecule has 0 aromatic heterocycles. The Hall–Kier alpha value is -3.28. The highest BCUT2D eigenvalue weighted by atomic mass is 19.4. The molecule has 0 aliphatic carbocycles. The Morgan fingerprint density at radius 2 is 1.65 bits per heavy atom. The summed E-state index contributed by atoms with van der Waals surface area (Å²) in [5.74, 6) is -1.05. The van der Waals surface area contributed by atoms with Crippen molar-refractivity contribution in [2.24, 2.45) is 17.2 Å². The third-order valence-corrected chi connectivity index (χ3v) is 4.20. The van der Waals surface area contributed by atoms with Gasteiger partial charge in [0.05, 0.1) is 5.56 Å². The third kappa shape index (κ3) is 13.3. The molecule has 1 atom stereocenters. The predicted molar refractivity (Wildman–Crippen MR) is 124 cm³/mol. The van der Waals surface area contributed by atoms with E-state index in [2.05, 4.69) is 5.32 Å². The second kappa shape index (κ2) is 16.4. The predicted octanol–water partition coefficient (Wildman–Crippen LogP) is 3.15. The maximum Gasteiger partial charge on any atom is 0.416 e. The number of nitrogens with two attached hydrogens (primary N) is 3. The second-order valence-corrected chi connectivity index (χ2v) is 7.01. The van der Waals surface area contributed by atoms with Crippen molar-refractivity contribution in [3.63, 3.8) is 0 Å². The van der Waals surface area contributed by atoms with Crippen LogP contribution in [0.4, 0.5) is 18.9 Å². The fraction of sp³-hybridized carbons (Fsp3) is 0.348. The number of nitrogens with one attached hydrogen (secondary N) is 1. The topological polar surface area (TPSA) is 162 Å². The fourth-order valence-corrected chi connectivity index (χ4v) is 2.46. The van der Waals surface area contributed by atoms with Crippen LogP contribution in [0.2, 0.25) is 0 Å². The number of anilines is 1. The molecule has 0 fully saturated rings. The Morgan fingerprint density at radius 1 is 1.06 bits per heavy atom. The van der Waals surface area contributed by atoms with Crippen LogP contribution in [0.25, 0.3) is 0 Å². The number of rotatable bonds is 8. The monoisotopic (exact) mass is 484 g/mol. The molecule has 0 aliphatic rings. The van der Waals surface area contributed by atoms with Gasteiger partial charge in [-0.2, -0.15) is 13.2 Å². The number of carbonyl (C=O) groups excluding carboxylic acids is 2. The summed E-state index contributed by atoms with van der Waals surface area (Å²) < 4.78 is 36.5. The van der Waals surface area contributed by atoms with Crippen LogP contribution < -0.4 is 22.5 Å². The van der Waals surface area contributed by atoms with Crippen molar-refractivity contribution in [1.29, 1.82) is 0 Å². The molecule has 8 N–H and O–H groups in total. The van der Waals surface area contributed by atoms with Crippen molar-refractivity contribution in [1.82, 2.24) is 0 Å². The van der Waals surface area contributed by atoms with E-state index >= 15 is 0 Å². The highest BCUT2D eigenvalue weighted by molar-refractivity contribution is 5.89. The molecule has 1 amide bonds. The molecule has 0 saturated carbocycles. The molecule has 8 nitrogen and oxygen atoms in total. The van der Waals surface area contributed by atoms with Crippen molar-refractivity contribution in [3.05, 3.63) is 65.2 Å². The van der Waals surface area contributed by atoms with Gasteiger partial charge >= 0.3 is 12.1 Å². The molecule has 2 aromatic rings. The number of carbonyl (C=O) groups is 3. The third-order valence-electron chi connectivity index (χ3n) is 4.20. The molecule has 0 radical (unpaired) electrons. The standard InChI is InChI=1S/C9H9NO2.C8H8F3N.C6H14N2O2/c1-7(12)10-9-4-2-8(6-11)3-5-9;9-8(10,11)7-4-2-1-3-6(7)5-12;7-4-2-1-3-5(8)6(9)10/h2-6H,1H3,(H,10,12);1-4H,5,12H2;5H,1-4,7-8H2,(H,9,10)/t;;5-/m..0/s1. The van der Waals surface area contributed by atoms with Gasteiger partial charge in [0.15, 0.2) is 0 Å². The zero-order valence-electron chi connectivity index (χ0n) is 18.8. The minimum absolute atomic E-state index is 0.0876. The maximum atomic E-state index is 12.2. The van der Waals surface area contributed by atoms with Gasteiger partial charge in [-0.1, -0.05) is 24.6 Å². The first kappa shape index (κ1) is 30.7. The van der Waals surface area contributed by atoms with Crippen LogP contribution in [0.15, 0.2) is 48.5 Å². The lowest BCUT2D eigenvalue weighted by Crippen LogP contribution is -2.29. The van der Waals surface area contributed by atoms with Crippen LogP contribution in [0.5, 0.6) is 0 Å². The molecule has 0 unspecified atom stereocenters. The number of unbranched alkanes of at least 4 members (excludes halogenated alkanes) is 1. The molecule has 11 heteroatoms. The fourth-order valence-electron chi connectivity index (χ4n) is 2.46. The number of carboxylic acids is 1. The molecular formula is C23H31F3N4O4. The number of benzene rings is 2. The van der Waals surface area contributed by atoms with Gasteiger partial charge in [0.25, 0.3) is 0 Å². The minimum atomic E-state index is -4.30. The molecule has 0 heterocycles. The number of aldehydes is 1. The van der Waals surface area contributed by atoms with Crippen LogP contribution in [-0.2, 0) is 22.3 Å². The van der Waals surface area contributed by atoms with Gasteiger partial charge < -0.3 is 27.6 Å². The maximum absolute atomic E-state index is 12.2. The first-order chi connectivity index (χ1) is 16.0. The van der Waals surface area contributed by atoms with Crippen LogP contribution in [0, 0.1) is 0 Å². The van der Waals surface area contributed by atoms with Crippen LogP contribution in [0.1, 0.15) is 47.7 Å². The quantitative estimate of drug-likeness (QED) is 0.284. The summed E-state index contributed by atoms with van der Waals surface area (Å²) >= 11 is 0. The number of halogens is 3. The second-order valence-electron chi connectivity index (χ2n) is 7.01. The number of hydrogen-bond donors (Lipinski definition) is 5. The number of carboxylic acid groups (broad SMARTS) is 1. The van der Waals surface area contributed by atoms with Gasteiger partial charge in [-0.05, 0) is 55.3 Å². The lowest BCUT2D eigenvalue weighted by atomic mass is 10.1. The largest absolute Gasteiger partial charge is 0.480 e. The van der Waals surface area contributed by atoms with Crippen LogP contribution >= 0.6 is 0 Å². The van der Waals surface area contributed by atoms with Crippen molar-refractivity contribution in [2.45, 2.75) is 44.9 Å². The van der Waals surface area contributed by atoms with Crippen LogP contribution in [-0.4, -0.2) is 35.9 Å². The molecule has 0 bridgehead atoms. The van der Waals surface area contributed by atoms with E-state index in [9.17, 15) is 27.6 Å². The van der Waals surface area contributed by atoms with Crippen molar-refractivity contribution >= 4 is 23.9 Å². The average molecular weight is 485 g/mol. The summed E-state index contributed by atoms with van der Waals surface area (Å²) in [6.45, 7) is 1.95. The Bertz CT molecular complexity index is 891. The molecule has 2 rings (SSSR count). The Kier molecular flexibility index (Phi) is 14.8. The van der Waals surface area contributed by atoms with E-state index in [1.165, 1.54) is 25.1 Å². The smallest absolute Gasteiger partial charge is 0.416 e. The first-order valence-electron chi connectivity index (χ1n) is 10.3. The minimum Gasteiger partial charge on any atom is -0.480 e. The van der Waals surface area contributed by atoms with Gasteiger partial charge in [-0.25, -0.2) is 0 Å². The summed E-state index contributed by atoms with van der Waals surface area (Å²) in [5, 5.41) is 10.9. The molecule has 0 spiro atoms. The molecule has 2 aromatic carbocycles. The highest BCUT2D eigenvalue weighted by Crippen LogP contribution is 2.31. The van der Waals surface area contributed by atoms with E-state index in [1.54, 1.807) is 24.3 Å². The van der Waals surface area contributed by atoms with E-state index in [0.29, 0.717) is 24.2 Å². The molecule has 0 aliphatic heterocycles. The van der Waals surface area contributed by atoms with E-state index in [4.69, 9.17) is 22.3 Å². The van der Waals surface area contributed by atoms with Gasteiger partial charge in [0, 0.05) is 24.7 Å². The van der Waals surface area contributed by atoms with Gasteiger partial charge in [0.1, 0.15) is 12.3 Å². The Labute approximate surface area is 196 Å². The van der Waals surface area contributed by atoms with E-state index in [0.717, 1.165) is 25.2 Å². The van der Waals surface area contributed by atoms with Crippen molar-refractivity contribution < 1.29 is 32.7 Å². The molecule has 188 valence electrons. The first-order valence-corrected chi connectivity index (χ1v) is 10.3. The van der Waals surface area contributed by atoms with Gasteiger partial charge in [-0.15, -0.1) is 0 Å². The summed E-state index contributed by atoms with van der Waals surface area (Å²) in [7, 11) is 0. The zero-order chi connectivity index (χ0) is 26.1. The average Bonchev–Trinajstić information content (AvgIpc) is 2.79. The molecule has 34 heavy (non-hydrogen) atoms. The van der Waals surface area contributed by atoms with E-state index in [-0.39, 0.29) is 18.0 Å². The highest BCUT2D eigenvalue weighted by Gasteiger charge is 2.32. The number of amides is 1. The number of alkyl halides is 3. The summed E-state index contributed by atoms with van der Waals surface area (Å²) in [6, 6.07) is 11.3. The van der Waals surface area contributed by atoms with Crippen molar-refractivity contribution in [2.75, 3.05) is 11.9 Å². The molecule has 0 saturated heterocycles. The van der Waals surface area contributed by atoms with E-state index < -0.39 is 23.8 Å². The Balaban J connectivity index is 0.000000484. The Morgan fingerprint density at radius 3 is 2.06 bits per heavy atom. The number of hydrogen-bond acceptors (Lipinski definition) is 6. The summed E-state index contributed by atoms with van der Waals surface area (Å²) in [4.78, 5) is 31.0. The lowest BCUT2D eigenvalue weighted by molar-refractivity contribution is -0.139. The molecular weight excluding hydrogens is 453 g/mol. The SMILES string of the molecule is CC(=O)Nc1ccc(C=O)cc1.NCCCC[C@H](N)C(=O)O.NCc1ccccc1C(F)(F)F. The lowest BCUT2D eigenvalue weighted by Gasteiger charge is -2.10. The van der Waals surface area contributed by atoms with Crippen molar-refractivity contribution in [3.8, 4) is 0 Å². The van der Waals surface area contributed by atoms with Gasteiger partial charge in [0.2, 0.25) is 5.91 Å². The zero-order valence-corrected chi connectivity index (χ0v) is 18.8.